The molecular weight excluding hydrogens is 887 g/mol. The number of hydrogen-bond acceptors (Lipinski definition) is 13. The van der Waals surface area contributed by atoms with Crippen LogP contribution in [0.3, 0.4) is 0 Å². The van der Waals surface area contributed by atoms with Gasteiger partial charge in [0.2, 0.25) is 17.8 Å². The molecule has 2 aromatic carbocycles. The molecule has 1 aliphatic carbocycles. The number of anilines is 4. The molecule has 4 aromatic rings. The fourth-order valence-electron chi connectivity index (χ4n) is 10.1. The van der Waals surface area contributed by atoms with Crippen LogP contribution in [-0.4, -0.2) is 125 Å². The Bertz CT molecular complexity index is 2610. The molecule has 1 saturated carbocycles. The second-order valence-electron chi connectivity index (χ2n) is 18.1. The molecular formula is C47H56Cl2N10O7. The maximum absolute atomic E-state index is 13.4. The van der Waals surface area contributed by atoms with Gasteiger partial charge in [-0.3, -0.25) is 34.2 Å². The minimum absolute atomic E-state index is 0.0905. The van der Waals surface area contributed by atoms with E-state index in [4.69, 9.17) is 37.7 Å². The quantitative estimate of drug-likeness (QED) is 0.145. The van der Waals surface area contributed by atoms with Crippen molar-refractivity contribution in [2.75, 3.05) is 61.5 Å². The molecule has 19 heteroatoms. The zero-order valence-corrected chi connectivity index (χ0v) is 39.2. The van der Waals surface area contributed by atoms with Gasteiger partial charge >= 0.3 is 0 Å². The zero-order valence-electron chi connectivity index (χ0n) is 37.6. The van der Waals surface area contributed by atoms with Gasteiger partial charge in [0, 0.05) is 93.1 Å². The van der Waals surface area contributed by atoms with E-state index >= 15 is 0 Å². The molecule has 0 bridgehead atoms. The molecule has 6 heterocycles. The van der Waals surface area contributed by atoms with Gasteiger partial charge < -0.3 is 39.4 Å². The van der Waals surface area contributed by atoms with Crippen molar-refractivity contribution in [1.29, 1.82) is 0 Å². The molecule has 3 N–H and O–H groups in total. The van der Waals surface area contributed by atoms with Crippen molar-refractivity contribution >= 4 is 80.9 Å². The third-order valence-electron chi connectivity index (χ3n) is 13.8. The summed E-state index contributed by atoms with van der Waals surface area (Å²) >= 11 is 13.7. The van der Waals surface area contributed by atoms with Gasteiger partial charge in [0.25, 0.3) is 17.4 Å². The van der Waals surface area contributed by atoms with Gasteiger partial charge in [-0.1, -0.05) is 30.1 Å². The van der Waals surface area contributed by atoms with Crippen LogP contribution in [0, 0.1) is 0 Å². The number of pyridine rings is 1. The summed E-state index contributed by atoms with van der Waals surface area (Å²) in [5, 5.41) is 9.90. The number of hydrogen-bond donors (Lipinski definition) is 3. The van der Waals surface area contributed by atoms with Crippen LogP contribution in [0.15, 0.2) is 47.4 Å². The summed E-state index contributed by atoms with van der Waals surface area (Å²) in [6.07, 6.45) is 7.16. The highest BCUT2D eigenvalue weighted by Crippen LogP contribution is 2.41. The van der Waals surface area contributed by atoms with Gasteiger partial charge in [-0.15, -0.1) is 0 Å². The summed E-state index contributed by atoms with van der Waals surface area (Å²) in [6.45, 7) is 10.2. The average molecular weight is 944 g/mol. The number of likely N-dealkylation sites (N-methyl/N-ethyl adjacent to an activating group) is 1. The molecule has 2 atom stereocenters. The number of benzene rings is 2. The SMILES string of the molecule is CC[C@H]1CN([C@H]2C[C@H](OC3CCN(c4ncc(Cl)c(Nc5ccc6c(c5)cc(OCC(=O)NC)c(=O)n6C(C)C)n4)CC3)C2)CCN1c1ccc2c(c1Cl)CN(C1CCC(=O)NC1=O)C2=O. The molecule has 3 saturated heterocycles. The number of rotatable bonds is 13. The molecule has 0 spiro atoms. The van der Waals surface area contributed by atoms with E-state index < -0.39 is 11.9 Å². The van der Waals surface area contributed by atoms with Crippen molar-refractivity contribution in [2.45, 2.75) is 109 Å². The summed E-state index contributed by atoms with van der Waals surface area (Å²) in [7, 11) is 1.51. The Balaban J connectivity index is 0.765. The molecule has 1 unspecified atom stereocenters. The predicted octanol–water partition coefficient (Wildman–Crippen LogP) is 5.43. The number of nitrogens with one attached hydrogen (secondary N) is 3. The van der Waals surface area contributed by atoms with Gasteiger partial charge in [0.15, 0.2) is 18.2 Å². The molecule has 9 rings (SSSR count). The largest absolute Gasteiger partial charge is 0.478 e. The van der Waals surface area contributed by atoms with Gasteiger partial charge in [0.1, 0.15) is 11.1 Å². The molecule has 350 valence electrons. The number of piperidine rings is 2. The first kappa shape index (κ1) is 45.7. The number of amides is 4. The van der Waals surface area contributed by atoms with E-state index in [1.54, 1.807) is 21.7 Å². The van der Waals surface area contributed by atoms with E-state index in [0.717, 1.165) is 87.0 Å². The van der Waals surface area contributed by atoms with Gasteiger partial charge in [-0.25, -0.2) is 4.98 Å². The van der Waals surface area contributed by atoms with E-state index in [9.17, 15) is 24.0 Å². The Hall–Kier alpha value is -5.49. The Morgan fingerprint density at radius 1 is 0.970 bits per heavy atom. The van der Waals surface area contributed by atoms with Gasteiger partial charge in [-0.2, -0.15) is 4.98 Å². The minimum Gasteiger partial charge on any atom is -0.478 e. The number of carbonyl (C=O) groups is 4. The van der Waals surface area contributed by atoms with Crippen molar-refractivity contribution in [1.82, 2.24) is 35.0 Å². The lowest BCUT2D eigenvalue weighted by molar-refractivity contribution is -0.137. The highest BCUT2D eigenvalue weighted by atomic mass is 35.5. The number of piperazine rings is 1. The molecule has 2 aromatic heterocycles. The lowest BCUT2D eigenvalue weighted by Gasteiger charge is -2.50. The van der Waals surface area contributed by atoms with Crippen LogP contribution in [-0.2, 0) is 25.7 Å². The maximum Gasteiger partial charge on any atom is 0.293 e. The van der Waals surface area contributed by atoms with Crippen LogP contribution < -0.4 is 36.0 Å². The van der Waals surface area contributed by atoms with Crippen molar-refractivity contribution in [2.24, 2.45) is 0 Å². The lowest BCUT2D eigenvalue weighted by Crippen LogP contribution is -2.59. The van der Waals surface area contributed by atoms with Crippen LogP contribution in [0.4, 0.5) is 23.1 Å². The van der Waals surface area contributed by atoms with Crippen molar-refractivity contribution in [3.8, 4) is 5.75 Å². The molecule has 5 aliphatic rings. The van der Waals surface area contributed by atoms with E-state index in [2.05, 4.69) is 42.6 Å². The standard InChI is InChI=1S/C47H56Cl2N10O7/c1-5-29-23-56(16-17-57(29)37-9-7-33-34(42(37)49)24-58(45(33)63)38-10-11-40(60)53-44(38)62)30-20-32(21-30)66-31-12-14-55(15-13-31)47-51-22-35(48)43(54-47)52-28-6-8-36-27(18-28)19-39(65-25-41(61)50-4)46(64)59(36)26(2)3/h6-9,18-19,22,26,29-32,38H,5,10-17,20-21,23-25H2,1-4H3,(H,50,61)(H,51,52,54)(H,53,60,62)/t29-,30-,32-,38?/m0/s1. The smallest absolute Gasteiger partial charge is 0.293 e. The zero-order chi connectivity index (χ0) is 46.4. The van der Waals surface area contributed by atoms with E-state index in [1.807, 2.05) is 44.2 Å². The Kier molecular flexibility index (Phi) is 13.2. The Labute approximate surface area is 393 Å². The summed E-state index contributed by atoms with van der Waals surface area (Å²) in [6, 6.07) is 11.0. The molecule has 4 fully saturated rings. The molecule has 0 radical (unpaired) electrons. The topological polar surface area (TPSA) is 184 Å². The lowest BCUT2D eigenvalue weighted by atomic mass is 9.86. The number of nitrogens with zero attached hydrogens (tertiary/aromatic N) is 7. The number of halogens is 2. The molecule has 66 heavy (non-hydrogen) atoms. The fraction of sp³-hybridized carbons (Fsp3) is 0.511. The van der Waals surface area contributed by atoms with Crippen LogP contribution in [0.2, 0.25) is 10.0 Å². The maximum atomic E-state index is 13.4. The first-order chi connectivity index (χ1) is 31.8. The monoisotopic (exact) mass is 942 g/mol. The van der Waals surface area contributed by atoms with Crippen LogP contribution in [0.25, 0.3) is 10.9 Å². The number of carbonyl (C=O) groups excluding carboxylic acids is 4. The van der Waals surface area contributed by atoms with E-state index in [-0.39, 0.29) is 72.9 Å². The van der Waals surface area contributed by atoms with Crippen molar-refractivity contribution < 1.29 is 28.7 Å². The fourth-order valence-corrected chi connectivity index (χ4v) is 10.5. The van der Waals surface area contributed by atoms with E-state index in [0.29, 0.717) is 45.5 Å². The normalized spacial score (nSPS) is 22.7. The third kappa shape index (κ3) is 9.02. The third-order valence-corrected chi connectivity index (χ3v) is 14.5. The van der Waals surface area contributed by atoms with E-state index in [1.165, 1.54) is 7.05 Å². The first-order valence-corrected chi connectivity index (χ1v) is 23.7. The highest BCUT2D eigenvalue weighted by Gasteiger charge is 2.43. The van der Waals surface area contributed by atoms with Gasteiger partial charge in [-0.05, 0) is 88.8 Å². The Morgan fingerprint density at radius 3 is 2.48 bits per heavy atom. The second kappa shape index (κ2) is 19.0. The van der Waals surface area contributed by atoms with Crippen molar-refractivity contribution in [3.05, 3.63) is 74.1 Å². The average Bonchev–Trinajstić information content (AvgIpc) is 3.63. The molecule has 4 amide bonds. The number of ether oxygens (including phenoxy) is 2. The minimum atomic E-state index is -0.681. The summed E-state index contributed by atoms with van der Waals surface area (Å²) in [4.78, 5) is 80.9. The van der Waals surface area contributed by atoms with Crippen molar-refractivity contribution in [3.63, 3.8) is 0 Å². The summed E-state index contributed by atoms with van der Waals surface area (Å²) in [5.74, 6) is -0.163. The second-order valence-corrected chi connectivity index (χ2v) is 18.9. The first-order valence-electron chi connectivity index (χ1n) is 23.0. The number of aromatic nitrogens is 3. The predicted molar refractivity (Wildman–Crippen MR) is 252 cm³/mol. The number of imide groups is 1. The highest BCUT2D eigenvalue weighted by molar-refractivity contribution is 6.35. The van der Waals surface area contributed by atoms with Crippen LogP contribution in [0.1, 0.15) is 87.7 Å². The summed E-state index contributed by atoms with van der Waals surface area (Å²) < 4.78 is 13.9. The summed E-state index contributed by atoms with van der Waals surface area (Å²) in [5.41, 5.74) is 3.33. The van der Waals surface area contributed by atoms with Crippen LogP contribution in [0.5, 0.6) is 5.75 Å². The van der Waals surface area contributed by atoms with Crippen LogP contribution >= 0.6 is 23.2 Å². The molecule has 17 nitrogen and oxygen atoms in total. The van der Waals surface area contributed by atoms with Gasteiger partial charge in [0.05, 0.1) is 34.6 Å². The molecule has 4 aliphatic heterocycles. The number of fused-ring (bicyclic) bond motifs is 2. The Morgan fingerprint density at radius 2 is 1.76 bits per heavy atom.